The fraction of sp³-hybridized carbons (Fsp3) is 0.615. The van der Waals surface area contributed by atoms with Gasteiger partial charge in [0.05, 0.1) is 38.1 Å². The van der Waals surface area contributed by atoms with Gasteiger partial charge < -0.3 is 24.7 Å². The molecule has 0 aromatic carbocycles. The topological polar surface area (TPSA) is 75.8 Å². The molecule has 7 heteroatoms. The monoisotopic (exact) mass is 304 g/mol. The molecule has 0 aliphatic heterocycles. The van der Waals surface area contributed by atoms with Crippen LogP contribution in [-0.2, 0) is 20.8 Å². The zero-order chi connectivity index (χ0) is 14.6. The number of hydrogen-bond acceptors (Lipinski definition) is 6. The van der Waals surface area contributed by atoms with E-state index in [-0.39, 0.29) is 0 Å². The highest BCUT2D eigenvalue weighted by Gasteiger charge is 2.02. The minimum atomic E-state index is 0.354. The van der Waals surface area contributed by atoms with E-state index in [1.165, 1.54) is 6.20 Å². The number of hydrogen-bond donors (Lipinski definition) is 1. The Balaban J connectivity index is 2.06. The summed E-state index contributed by atoms with van der Waals surface area (Å²) in [7, 11) is 1.64. The second-order valence-electron chi connectivity index (χ2n) is 3.88. The number of ether oxygens (including phenoxy) is 4. The predicted molar refractivity (Wildman–Crippen MR) is 76.1 cm³/mol. The molecule has 0 atom stereocenters. The molecule has 0 fully saturated rings. The van der Waals surface area contributed by atoms with Gasteiger partial charge in [0.1, 0.15) is 6.61 Å². The molecule has 0 bridgehead atoms. The third-order valence-electron chi connectivity index (χ3n) is 2.41. The summed E-state index contributed by atoms with van der Waals surface area (Å²) in [5.41, 5.74) is 6.36. The lowest BCUT2D eigenvalue weighted by Gasteiger charge is -2.08. The lowest BCUT2D eigenvalue weighted by Crippen LogP contribution is -2.12. The molecule has 0 radical (unpaired) electrons. The van der Waals surface area contributed by atoms with Crippen LogP contribution < -0.4 is 10.5 Å². The van der Waals surface area contributed by atoms with Crippen LogP contribution in [0.3, 0.4) is 0 Å². The van der Waals surface area contributed by atoms with Crippen molar-refractivity contribution in [3.8, 4) is 5.88 Å². The molecule has 0 amide bonds. The van der Waals surface area contributed by atoms with Gasteiger partial charge in [0, 0.05) is 25.9 Å². The van der Waals surface area contributed by atoms with Crippen LogP contribution in [0.25, 0.3) is 0 Å². The largest absolute Gasteiger partial charge is 0.475 e. The van der Waals surface area contributed by atoms with E-state index < -0.39 is 0 Å². The van der Waals surface area contributed by atoms with E-state index in [0.29, 0.717) is 57.1 Å². The number of aromatic nitrogens is 1. The minimum absolute atomic E-state index is 0.354. The summed E-state index contributed by atoms with van der Waals surface area (Å²) in [6.07, 6.45) is 1.53. The summed E-state index contributed by atoms with van der Waals surface area (Å²) in [6, 6.07) is 1.73. The van der Waals surface area contributed by atoms with Crippen LogP contribution in [0.2, 0.25) is 5.02 Å². The summed E-state index contributed by atoms with van der Waals surface area (Å²) in [5, 5.41) is 0.546. The zero-order valence-electron chi connectivity index (χ0n) is 11.6. The van der Waals surface area contributed by atoms with Crippen molar-refractivity contribution in [3.05, 3.63) is 22.8 Å². The molecule has 0 aliphatic carbocycles. The van der Waals surface area contributed by atoms with Gasteiger partial charge >= 0.3 is 0 Å². The Morgan fingerprint density at radius 1 is 1.10 bits per heavy atom. The number of pyridine rings is 1. The Morgan fingerprint density at radius 2 is 1.75 bits per heavy atom. The van der Waals surface area contributed by atoms with Crippen LogP contribution >= 0.6 is 11.6 Å². The molecule has 1 heterocycles. The molecule has 0 spiro atoms. The number of rotatable bonds is 11. The van der Waals surface area contributed by atoms with Gasteiger partial charge in [0.15, 0.2) is 0 Å². The van der Waals surface area contributed by atoms with Crippen LogP contribution in [0, 0.1) is 0 Å². The van der Waals surface area contributed by atoms with Crippen molar-refractivity contribution >= 4 is 11.6 Å². The number of methoxy groups -OCH3 is 1. The quantitative estimate of drug-likeness (QED) is 0.620. The Labute approximate surface area is 124 Å². The lowest BCUT2D eigenvalue weighted by atomic mass is 10.3. The summed E-state index contributed by atoms with van der Waals surface area (Å²) in [6.45, 7) is 3.47. The third-order valence-corrected chi connectivity index (χ3v) is 2.75. The number of nitrogens with two attached hydrogens (primary N) is 1. The minimum Gasteiger partial charge on any atom is -0.475 e. The Hall–Kier alpha value is -0.920. The molecule has 0 saturated heterocycles. The average molecular weight is 305 g/mol. The summed E-state index contributed by atoms with van der Waals surface area (Å²) >= 11 is 5.91. The summed E-state index contributed by atoms with van der Waals surface area (Å²) in [5.74, 6) is 0.495. The van der Waals surface area contributed by atoms with E-state index in [0.717, 1.165) is 5.56 Å². The molecule has 0 saturated carbocycles. The summed E-state index contributed by atoms with van der Waals surface area (Å²) < 4.78 is 20.9. The second kappa shape index (κ2) is 10.8. The molecule has 6 nitrogen and oxygen atoms in total. The maximum atomic E-state index is 5.91. The first-order valence-electron chi connectivity index (χ1n) is 6.39. The van der Waals surface area contributed by atoms with E-state index in [9.17, 15) is 0 Å². The van der Waals surface area contributed by atoms with Crippen LogP contribution in [-0.4, -0.2) is 51.7 Å². The number of halogens is 1. The average Bonchev–Trinajstić information content (AvgIpc) is 2.47. The van der Waals surface area contributed by atoms with E-state index >= 15 is 0 Å². The van der Waals surface area contributed by atoms with Gasteiger partial charge in [-0.25, -0.2) is 4.98 Å². The molecule has 1 rings (SSSR count). The zero-order valence-corrected chi connectivity index (χ0v) is 12.4. The molecule has 114 valence electrons. The van der Waals surface area contributed by atoms with Crippen LogP contribution in [0.5, 0.6) is 5.88 Å². The van der Waals surface area contributed by atoms with Crippen molar-refractivity contribution < 1.29 is 18.9 Å². The molecule has 20 heavy (non-hydrogen) atoms. The van der Waals surface area contributed by atoms with Crippen LogP contribution in [0.1, 0.15) is 5.56 Å². The smallest absolute Gasteiger partial charge is 0.213 e. The van der Waals surface area contributed by atoms with E-state index in [2.05, 4.69) is 4.98 Å². The lowest BCUT2D eigenvalue weighted by molar-refractivity contribution is 0.0176. The number of nitrogens with zero attached hydrogens (tertiary/aromatic N) is 1. The molecular formula is C13H21ClN2O4. The van der Waals surface area contributed by atoms with Crippen molar-refractivity contribution in [2.75, 3.05) is 46.8 Å². The maximum Gasteiger partial charge on any atom is 0.213 e. The summed E-state index contributed by atoms with van der Waals surface area (Å²) in [4.78, 5) is 4.05. The predicted octanol–water partition coefficient (Wildman–Crippen LogP) is 1.25. The van der Waals surface area contributed by atoms with Gasteiger partial charge in [-0.1, -0.05) is 11.6 Å². The molecule has 1 aromatic rings. The Bertz CT molecular complexity index is 379. The van der Waals surface area contributed by atoms with Crippen molar-refractivity contribution in [2.24, 2.45) is 5.73 Å². The van der Waals surface area contributed by atoms with Gasteiger partial charge in [0.25, 0.3) is 0 Å². The first kappa shape index (κ1) is 17.1. The van der Waals surface area contributed by atoms with E-state index in [1.807, 2.05) is 0 Å². The SMILES string of the molecule is COCCOCCOCCOc1cc(CN)c(Cl)cn1. The third kappa shape index (κ3) is 7.02. The molecule has 0 unspecified atom stereocenters. The Morgan fingerprint density at radius 3 is 2.40 bits per heavy atom. The van der Waals surface area contributed by atoms with Crippen molar-refractivity contribution in [1.82, 2.24) is 4.98 Å². The molecular weight excluding hydrogens is 284 g/mol. The fourth-order valence-electron chi connectivity index (χ4n) is 1.36. The van der Waals surface area contributed by atoms with Crippen molar-refractivity contribution in [3.63, 3.8) is 0 Å². The van der Waals surface area contributed by atoms with Crippen molar-refractivity contribution in [2.45, 2.75) is 6.54 Å². The van der Waals surface area contributed by atoms with Crippen LogP contribution in [0.15, 0.2) is 12.3 Å². The molecule has 0 aliphatic rings. The highest BCUT2D eigenvalue weighted by Crippen LogP contribution is 2.18. The molecule has 2 N–H and O–H groups in total. The highest BCUT2D eigenvalue weighted by atomic mass is 35.5. The normalized spacial score (nSPS) is 10.8. The first-order chi connectivity index (χ1) is 9.77. The molecule has 1 aromatic heterocycles. The first-order valence-corrected chi connectivity index (χ1v) is 6.77. The van der Waals surface area contributed by atoms with Gasteiger partial charge in [-0.2, -0.15) is 0 Å². The van der Waals surface area contributed by atoms with E-state index in [1.54, 1.807) is 13.2 Å². The maximum absolute atomic E-state index is 5.91. The van der Waals surface area contributed by atoms with Gasteiger partial charge in [0.2, 0.25) is 5.88 Å². The van der Waals surface area contributed by atoms with Gasteiger partial charge in [-0.15, -0.1) is 0 Å². The van der Waals surface area contributed by atoms with Gasteiger partial charge in [-0.05, 0) is 5.56 Å². The highest BCUT2D eigenvalue weighted by molar-refractivity contribution is 6.31. The second-order valence-corrected chi connectivity index (χ2v) is 4.29. The standard InChI is InChI=1S/C13H21ClN2O4/c1-17-2-3-18-4-5-19-6-7-20-13-8-11(9-15)12(14)10-16-13/h8,10H,2-7,9,15H2,1H3. The van der Waals surface area contributed by atoms with Gasteiger partial charge in [-0.3, -0.25) is 0 Å². The van der Waals surface area contributed by atoms with E-state index in [4.69, 9.17) is 36.3 Å². The van der Waals surface area contributed by atoms with Crippen molar-refractivity contribution in [1.29, 1.82) is 0 Å². The van der Waals surface area contributed by atoms with Crippen LogP contribution in [0.4, 0.5) is 0 Å². The fourth-order valence-corrected chi connectivity index (χ4v) is 1.54. The Kier molecular flexibility index (Phi) is 9.27.